The molecular formula is C24H22F3N3O3. The lowest BCUT2D eigenvalue weighted by Crippen LogP contribution is -2.40. The van der Waals surface area contributed by atoms with Crippen LogP contribution in [0.2, 0.25) is 0 Å². The van der Waals surface area contributed by atoms with E-state index in [2.05, 4.69) is 9.88 Å². The highest BCUT2D eigenvalue weighted by molar-refractivity contribution is 5.95. The van der Waals surface area contributed by atoms with Gasteiger partial charge in [-0.05, 0) is 61.5 Å². The van der Waals surface area contributed by atoms with Crippen molar-refractivity contribution in [2.24, 2.45) is 0 Å². The summed E-state index contributed by atoms with van der Waals surface area (Å²) in [4.78, 5) is 26.8. The molecule has 1 unspecified atom stereocenters. The Morgan fingerprint density at radius 2 is 1.82 bits per heavy atom. The number of fused-ring (bicyclic) bond motifs is 1. The summed E-state index contributed by atoms with van der Waals surface area (Å²) in [6, 6.07) is 14.7. The van der Waals surface area contributed by atoms with E-state index in [1.165, 1.54) is 12.1 Å². The molecule has 1 aromatic heterocycles. The lowest BCUT2D eigenvalue weighted by molar-refractivity contribution is -0.137. The number of amides is 2. The van der Waals surface area contributed by atoms with E-state index in [0.29, 0.717) is 17.9 Å². The van der Waals surface area contributed by atoms with Crippen LogP contribution in [0.15, 0.2) is 66.9 Å². The van der Waals surface area contributed by atoms with E-state index in [1.54, 1.807) is 24.3 Å². The largest absolute Gasteiger partial charge is 0.484 e. The van der Waals surface area contributed by atoms with Gasteiger partial charge in [-0.3, -0.25) is 9.59 Å². The van der Waals surface area contributed by atoms with E-state index in [-0.39, 0.29) is 24.2 Å². The third-order valence-corrected chi connectivity index (χ3v) is 5.55. The average Bonchev–Trinajstić information content (AvgIpc) is 3.27. The van der Waals surface area contributed by atoms with Crippen LogP contribution in [0.3, 0.4) is 0 Å². The summed E-state index contributed by atoms with van der Waals surface area (Å²) in [5.74, 6) is -0.324. The third-order valence-electron chi connectivity index (χ3n) is 5.55. The van der Waals surface area contributed by atoms with E-state index >= 15 is 0 Å². The van der Waals surface area contributed by atoms with Gasteiger partial charge in [0, 0.05) is 36.2 Å². The number of halogens is 3. The summed E-state index contributed by atoms with van der Waals surface area (Å²) in [6.07, 6.45) is -2.49. The SMILES string of the molecule is CC1c2cccn2CCN1C(=O)c1ccc(OCC(=O)Nc2cccc(C(F)(F)F)c2)cc1. The fraction of sp³-hybridized carbons (Fsp3) is 0.250. The molecule has 1 aliphatic heterocycles. The Kier molecular flexibility index (Phi) is 6.13. The molecular weight excluding hydrogens is 435 g/mol. The standard InChI is InChI=1S/C24H22F3N3O3/c1-16-21-6-3-11-29(21)12-13-30(16)23(32)17-7-9-20(10-8-17)33-15-22(31)28-19-5-2-4-18(14-19)24(25,26)27/h2-11,14,16H,12-13,15H2,1H3,(H,28,31). The number of benzene rings is 2. The van der Waals surface area contributed by atoms with Crippen molar-refractivity contribution in [2.75, 3.05) is 18.5 Å². The topological polar surface area (TPSA) is 63.6 Å². The van der Waals surface area contributed by atoms with Crippen LogP contribution in [0.1, 0.15) is 34.6 Å². The van der Waals surface area contributed by atoms with E-state index in [9.17, 15) is 22.8 Å². The van der Waals surface area contributed by atoms with Crippen LogP contribution in [-0.2, 0) is 17.5 Å². The van der Waals surface area contributed by atoms with Crippen LogP contribution in [0, 0.1) is 0 Å². The maximum atomic E-state index is 13.0. The van der Waals surface area contributed by atoms with Gasteiger partial charge >= 0.3 is 6.18 Å². The Hall–Kier alpha value is -3.75. The van der Waals surface area contributed by atoms with Crippen LogP contribution in [0.5, 0.6) is 5.75 Å². The number of carbonyl (C=O) groups is 2. The zero-order valence-corrected chi connectivity index (χ0v) is 17.8. The molecule has 3 aromatic rings. The first kappa shape index (κ1) is 22.4. The second kappa shape index (κ2) is 9.01. The fourth-order valence-corrected chi connectivity index (χ4v) is 3.84. The molecule has 33 heavy (non-hydrogen) atoms. The molecule has 2 aromatic carbocycles. The maximum absolute atomic E-state index is 13.0. The minimum atomic E-state index is -4.49. The van der Waals surface area contributed by atoms with Gasteiger partial charge < -0.3 is 19.5 Å². The average molecular weight is 457 g/mol. The van der Waals surface area contributed by atoms with Crippen molar-refractivity contribution in [1.82, 2.24) is 9.47 Å². The third kappa shape index (κ3) is 5.02. The van der Waals surface area contributed by atoms with Gasteiger partial charge in [0.2, 0.25) is 0 Å². The zero-order chi connectivity index (χ0) is 23.6. The van der Waals surface area contributed by atoms with Crippen LogP contribution in [0.4, 0.5) is 18.9 Å². The number of anilines is 1. The number of carbonyl (C=O) groups excluding carboxylic acids is 2. The Labute approximate surface area is 188 Å². The second-order valence-corrected chi connectivity index (χ2v) is 7.74. The lowest BCUT2D eigenvalue weighted by Gasteiger charge is -2.35. The number of alkyl halides is 3. The highest BCUT2D eigenvalue weighted by Crippen LogP contribution is 2.31. The highest BCUT2D eigenvalue weighted by Gasteiger charge is 2.30. The van der Waals surface area contributed by atoms with Gasteiger partial charge in [-0.25, -0.2) is 0 Å². The molecule has 1 N–H and O–H groups in total. The van der Waals surface area contributed by atoms with Crippen LogP contribution in [-0.4, -0.2) is 34.4 Å². The molecule has 1 aliphatic rings. The molecule has 0 fully saturated rings. The van der Waals surface area contributed by atoms with Crippen molar-refractivity contribution in [3.8, 4) is 5.75 Å². The highest BCUT2D eigenvalue weighted by atomic mass is 19.4. The number of ether oxygens (including phenoxy) is 1. The molecule has 0 saturated heterocycles. The van der Waals surface area contributed by atoms with E-state index in [1.807, 2.05) is 30.2 Å². The molecule has 0 saturated carbocycles. The first-order valence-electron chi connectivity index (χ1n) is 10.4. The molecule has 6 nitrogen and oxygen atoms in total. The Morgan fingerprint density at radius 1 is 1.06 bits per heavy atom. The Morgan fingerprint density at radius 3 is 2.55 bits per heavy atom. The number of hydrogen-bond donors (Lipinski definition) is 1. The predicted molar refractivity (Wildman–Crippen MR) is 116 cm³/mol. The molecule has 0 bridgehead atoms. The van der Waals surface area contributed by atoms with Gasteiger partial charge in [0.15, 0.2) is 6.61 Å². The van der Waals surface area contributed by atoms with Crippen molar-refractivity contribution in [3.63, 3.8) is 0 Å². The Balaban J connectivity index is 1.33. The van der Waals surface area contributed by atoms with Gasteiger partial charge in [-0.2, -0.15) is 13.2 Å². The summed E-state index contributed by atoms with van der Waals surface area (Å²) in [5.41, 5.74) is 0.766. The van der Waals surface area contributed by atoms with Crippen LogP contribution in [0.25, 0.3) is 0 Å². The summed E-state index contributed by atoms with van der Waals surface area (Å²) < 4.78 is 45.9. The van der Waals surface area contributed by atoms with Crippen molar-refractivity contribution in [1.29, 1.82) is 0 Å². The van der Waals surface area contributed by atoms with Crippen LogP contribution < -0.4 is 10.1 Å². The van der Waals surface area contributed by atoms with E-state index < -0.39 is 17.6 Å². The monoisotopic (exact) mass is 457 g/mol. The van der Waals surface area contributed by atoms with Crippen molar-refractivity contribution >= 4 is 17.5 Å². The Bertz CT molecular complexity index is 1160. The normalized spacial score (nSPS) is 15.6. The van der Waals surface area contributed by atoms with E-state index in [0.717, 1.165) is 24.4 Å². The number of hydrogen-bond acceptors (Lipinski definition) is 3. The van der Waals surface area contributed by atoms with Crippen molar-refractivity contribution in [3.05, 3.63) is 83.7 Å². The molecule has 0 aliphatic carbocycles. The molecule has 9 heteroatoms. The van der Waals surface area contributed by atoms with Crippen molar-refractivity contribution < 1.29 is 27.5 Å². The van der Waals surface area contributed by atoms with Gasteiger partial charge in [-0.15, -0.1) is 0 Å². The van der Waals surface area contributed by atoms with Crippen molar-refractivity contribution in [2.45, 2.75) is 25.7 Å². The predicted octanol–water partition coefficient (Wildman–Crippen LogP) is 4.74. The van der Waals surface area contributed by atoms with Gasteiger partial charge in [0.25, 0.3) is 11.8 Å². The van der Waals surface area contributed by atoms with Crippen LogP contribution >= 0.6 is 0 Å². The summed E-state index contributed by atoms with van der Waals surface area (Å²) in [5, 5.41) is 2.38. The second-order valence-electron chi connectivity index (χ2n) is 7.74. The van der Waals surface area contributed by atoms with Gasteiger partial charge in [-0.1, -0.05) is 6.07 Å². The lowest BCUT2D eigenvalue weighted by atomic mass is 10.1. The first-order valence-corrected chi connectivity index (χ1v) is 10.4. The molecule has 172 valence electrons. The first-order chi connectivity index (χ1) is 15.7. The minimum Gasteiger partial charge on any atom is -0.484 e. The molecule has 0 spiro atoms. The molecule has 4 rings (SSSR count). The van der Waals surface area contributed by atoms with Gasteiger partial charge in [0.05, 0.1) is 11.6 Å². The van der Waals surface area contributed by atoms with E-state index in [4.69, 9.17) is 4.74 Å². The summed E-state index contributed by atoms with van der Waals surface area (Å²) in [7, 11) is 0. The smallest absolute Gasteiger partial charge is 0.416 e. The molecule has 1 atom stereocenters. The zero-order valence-electron chi connectivity index (χ0n) is 17.8. The number of aromatic nitrogens is 1. The summed E-state index contributed by atoms with van der Waals surface area (Å²) >= 11 is 0. The van der Waals surface area contributed by atoms with Gasteiger partial charge in [0.1, 0.15) is 5.75 Å². The number of nitrogens with one attached hydrogen (secondary N) is 1. The minimum absolute atomic E-state index is 0.0289. The molecule has 2 heterocycles. The fourth-order valence-electron chi connectivity index (χ4n) is 3.84. The quantitative estimate of drug-likeness (QED) is 0.602. The number of nitrogens with zero attached hydrogens (tertiary/aromatic N) is 2. The molecule has 0 radical (unpaired) electrons. The number of rotatable bonds is 5. The maximum Gasteiger partial charge on any atom is 0.416 e. The summed E-state index contributed by atoms with van der Waals surface area (Å²) in [6.45, 7) is 2.95. The molecule has 2 amide bonds.